The predicted octanol–water partition coefficient (Wildman–Crippen LogP) is 3.56. The van der Waals surface area contributed by atoms with Crippen molar-refractivity contribution in [3.05, 3.63) is 59.9 Å². The zero-order valence-corrected chi connectivity index (χ0v) is 15.2. The highest BCUT2D eigenvalue weighted by Crippen LogP contribution is 2.35. The quantitative estimate of drug-likeness (QED) is 0.717. The average Bonchev–Trinajstić information content (AvgIpc) is 3.52. The summed E-state index contributed by atoms with van der Waals surface area (Å²) in [6, 6.07) is 12.2. The Kier molecular flexibility index (Phi) is 4.04. The molecule has 1 atom stereocenters. The summed E-state index contributed by atoms with van der Waals surface area (Å²) in [5.41, 5.74) is 4.37. The number of fused-ring (bicyclic) bond motifs is 2. The van der Waals surface area contributed by atoms with Crippen molar-refractivity contribution in [2.75, 3.05) is 11.9 Å². The van der Waals surface area contributed by atoms with Gasteiger partial charge in [0.15, 0.2) is 0 Å². The normalized spacial score (nSPS) is 18.5. The minimum absolute atomic E-state index is 0.389. The van der Waals surface area contributed by atoms with Crippen LogP contribution in [0.4, 0.5) is 11.5 Å². The predicted molar refractivity (Wildman–Crippen MR) is 105 cm³/mol. The maximum Gasteiger partial charge on any atom is 0.136 e. The molecule has 1 unspecified atom stereocenters. The van der Waals surface area contributed by atoms with Gasteiger partial charge in [-0.15, -0.1) is 4.31 Å². The maximum atomic E-state index is 12.5. The summed E-state index contributed by atoms with van der Waals surface area (Å²) in [6.45, 7) is 1.57. The molecule has 1 aliphatic carbocycles. The van der Waals surface area contributed by atoms with Gasteiger partial charge in [-0.2, -0.15) is 0 Å². The van der Waals surface area contributed by atoms with Gasteiger partial charge in [-0.05, 0) is 30.2 Å². The Hall–Kier alpha value is -2.15. The molecule has 0 radical (unpaired) electrons. The highest BCUT2D eigenvalue weighted by Gasteiger charge is 2.40. The lowest BCUT2D eigenvalue weighted by molar-refractivity contribution is 0.390. The first-order chi connectivity index (χ1) is 12.8. The van der Waals surface area contributed by atoms with E-state index in [4.69, 9.17) is 0 Å². The molecule has 0 bridgehead atoms. The molecule has 26 heavy (non-hydrogen) atoms. The number of para-hydroxylation sites is 1. The van der Waals surface area contributed by atoms with Gasteiger partial charge < -0.3 is 9.87 Å². The van der Waals surface area contributed by atoms with Crippen LogP contribution in [0.25, 0.3) is 10.9 Å². The summed E-state index contributed by atoms with van der Waals surface area (Å²) in [7, 11) is 0. The Bertz CT molecular complexity index is 959. The van der Waals surface area contributed by atoms with Crippen molar-refractivity contribution in [3.8, 4) is 0 Å². The second kappa shape index (κ2) is 6.54. The van der Waals surface area contributed by atoms with E-state index in [1.54, 1.807) is 0 Å². The number of anilines is 2. The smallest absolute Gasteiger partial charge is 0.136 e. The summed E-state index contributed by atoms with van der Waals surface area (Å²) in [4.78, 5) is 9.06. The number of rotatable bonds is 4. The van der Waals surface area contributed by atoms with Crippen LogP contribution in [-0.2, 0) is 24.3 Å². The van der Waals surface area contributed by atoms with Crippen LogP contribution in [0.15, 0.2) is 48.8 Å². The average molecular weight is 364 g/mol. The number of hydrogen-bond donors (Lipinski definition) is 1. The number of aromatic nitrogens is 2. The third-order valence-electron chi connectivity index (χ3n) is 5.03. The van der Waals surface area contributed by atoms with Crippen LogP contribution in [-0.4, -0.2) is 30.6 Å². The summed E-state index contributed by atoms with van der Waals surface area (Å²) >= 11 is -0.832. The monoisotopic (exact) mass is 364 g/mol. The zero-order chi connectivity index (χ0) is 17.5. The minimum Gasteiger partial charge on any atom is -0.598 e. The molecule has 6 heteroatoms. The third kappa shape index (κ3) is 3.05. The molecule has 1 aliphatic heterocycles. The lowest BCUT2D eigenvalue weighted by Crippen LogP contribution is -2.38. The Balaban J connectivity index is 1.40. The topological polar surface area (TPSA) is 64.1 Å². The minimum atomic E-state index is -0.832. The van der Waals surface area contributed by atoms with E-state index in [0.717, 1.165) is 54.8 Å². The molecule has 0 amide bonds. The van der Waals surface area contributed by atoms with Crippen LogP contribution < -0.4 is 5.32 Å². The van der Waals surface area contributed by atoms with Gasteiger partial charge in [-0.25, -0.2) is 4.98 Å². The fourth-order valence-corrected chi connectivity index (χ4v) is 4.98. The van der Waals surface area contributed by atoms with E-state index >= 15 is 0 Å². The molecule has 1 fully saturated rings. The number of benzene rings is 1. The van der Waals surface area contributed by atoms with Crippen molar-refractivity contribution in [1.82, 2.24) is 14.3 Å². The fraction of sp³-hybridized carbons (Fsp3) is 0.300. The highest BCUT2D eigenvalue weighted by atomic mass is 32.2. The molecular formula is C20H20N4OS. The summed E-state index contributed by atoms with van der Waals surface area (Å²) in [5.74, 6) is 0.886. The first kappa shape index (κ1) is 16.1. The van der Waals surface area contributed by atoms with Gasteiger partial charge in [0, 0.05) is 47.9 Å². The van der Waals surface area contributed by atoms with E-state index < -0.39 is 11.4 Å². The molecule has 0 spiro atoms. The van der Waals surface area contributed by atoms with E-state index in [9.17, 15) is 4.55 Å². The van der Waals surface area contributed by atoms with Gasteiger partial charge in [0.2, 0.25) is 0 Å². The molecule has 132 valence electrons. The standard InChI is InChI=1S/C20H20N4OS/c25-26(17-5-6-17)24-10-8-18-15(13-24)7-9-21-20(18)23-16-11-14-3-1-2-4-19(14)22-12-16/h1-4,7,9,11-12,17H,5-6,8,10,13H2,(H,21,23). The van der Waals surface area contributed by atoms with Crippen LogP contribution >= 0.6 is 0 Å². The Morgan fingerprint density at radius 1 is 1.15 bits per heavy atom. The van der Waals surface area contributed by atoms with Crippen LogP contribution in [0.5, 0.6) is 0 Å². The third-order valence-corrected chi connectivity index (χ3v) is 6.89. The van der Waals surface area contributed by atoms with E-state index in [0.29, 0.717) is 5.25 Å². The number of nitrogens with zero attached hydrogens (tertiary/aromatic N) is 3. The zero-order valence-electron chi connectivity index (χ0n) is 14.4. The van der Waals surface area contributed by atoms with Crippen molar-refractivity contribution < 1.29 is 4.55 Å². The van der Waals surface area contributed by atoms with Crippen LogP contribution in [0.1, 0.15) is 24.0 Å². The molecule has 5 nitrogen and oxygen atoms in total. The van der Waals surface area contributed by atoms with Gasteiger partial charge in [-0.1, -0.05) is 18.2 Å². The first-order valence-corrected chi connectivity index (χ1v) is 10.2. The van der Waals surface area contributed by atoms with Gasteiger partial charge in [0.25, 0.3) is 0 Å². The van der Waals surface area contributed by atoms with E-state index in [1.165, 1.54) is 11.1 Å². The largest absolute Gasteiger partial charge is 0.598 e. The van der Waals surface area contributed by atoms with E-state index in [-0.39, 0.29) is 0 Å². The molecule has 1 saturated carbocycles. The van der Waals surface area contributed by atoms with Crippen molar-refractivity contribution in [1.29, 1.82) is 0 Å². The van der Waals surface area contributed by atoms with Crippen LogP contribution in [0, 0.1) is 0 Å². The van der Waals surface area contributed by atoms with Gasteiger partial charge in [0.05, 0.1) is 23.9 Å². The van der Waals surface area contributed by atoms with Crippen molar-refractivity contribution >= 4 is 33.8 Å². The molecule has 2 aliphatic rings. The Labute approximate surface area is 155 Å². The molecule has 2 aromatic heterocycles. The van der Waals surface area contributed by atoms with Crippen molar-refractivity contribution in [3.63, 3.8) is 0 Å². The number of nitrogens with one attached hydrogen (secondary N) is 1. The second-order valence-corrected chi connectivity index (χ2v) is 8.66. The molecule has 5 rings (SSSR count). The number of pyridine rings is 2. The molecular weight excluding hydrogens is 344 g/mol. The van der Waals surface area contributed by atoms with E-state index in [2.05, 4.69) is 37.8 Å². The van der Waals surface area contributed by atoms with Crippen molar-refractivity contribution in [2.45, 2.75) is 31.1 Å². The second-order valence-electron chi connectivity index (χ2n) is 6.93. The lowest BCUT2D eigenvalue weighted by atomic mass is 10.0. The summed E-state index contributed by atoms with van der Waals surface area (Å²) in [5, 5.41) is 4.93. The SMILES string of the molecule is [O-][S+](C1CC1)N1CCc2c(ccnc2Nc2cnc3ccccc3c2)C1. The summed E-state index contributed by atoms with van der Waals surface area (Å²) in [6.07, 6.45) is 6.76. The van der Waals surface area contributed by atoms with Crippen molar-refractivity contribution in [2.24, 2.45) is 0 Å². The molecule has 0 saturated heterocycles. The molecule has 1 N–H and O–H groups in total. The first-order valence-electron chi connectivity index (χ1n) is 9.02. The lowest BCUT2D eigenvalue weighted by Gasteiger charge is -2.30. The van der Waals surface area contributed by atoms with Gasteiger partial charge in [-0.3, -0.25) is 4.98 Å². The molecule has 1 aromatic carbocycles. The van der Waals surface area contributed by atoms with Crippen LogP contribution in [0.2, 0.25) is 0 Å². The fourth-order valence-electron chi connectivity index (χ4n) is 3.48. The van der Waals surface area contributed by atoms with Gasteiger partial charge >= 0.3 is 0 Å². The Morgan fingerprint density at radius 3 is 2.92 bits per heavy atom. The van der Waals surface area contributed by atoms with Crippen LogP contribution in [0.3, 0.4) is 0 Å². The maximum absolute atomic E-state index is 12.5. The van der Waals surface area contributed by atoms with E-state index in [1.807, 2.05) is 30.6 Å². The number of hydrogen-bond acceptors (Lipinski definition) is 5. The highest BCUT2D eigenvalue weighted by molar-refractivity contribution is 7.90. The Morgan fingerprint density at radius 2 is 2.04 bits per heavy atom. The van der Waals surface area contributed by atoms with Gasteiger partial charge in [0.1, 0.15) is 11.1 Å². The summed E-state index contributed by atoms with van der Waals surface area (Å²) < 4.78 is 14.6. The molecule has 3 aromatic rings. The molecule has 3 heterocycles.